The van der Waals surface area contributed by atoms with Gasteiger partial charge >= 0.3 is 12.2 Å². The minimum Gasteiger partial charge on any atom is -0.473 e. The van der Waals surface area contributed by atoms with Gasteiger partial charge in [0.1, 0.15) is 23.7 Å². The first-order valence-electron chi connectivity index (χ1n) is 22.8. The Kier molecular flexibility index (Phi) is 18.9. The second kappa shape index (κ2) is 23.6. The van der Waals surface area contributed by atoms with Gasteiger partial charge in [0.05, 0.1) is 61.3 Å². The average molecular weight is 1070 g/mol. The zero-order valence-electron chi connectivity index (χ0n) is 40.6. The number of hydrogen-bond donors (Lipinski definition) is 2. The van der Waals surface area contributed by atoms with Crippen LogP contribution in [-0.2, 0) is 19.1 Å². The number of nitrogens with one attached hydrogen (secondary N) is 2. The number of thiazole rings is 1. The van der Waals surface area contributed by atoms with Crippen molar-refractivity contribution < 1.29 is 42.5 Å². The van der Waals surface area contributed by atoms with Crippen LogP contribution in [0.2, 0.25) is 0 Å². The van der Waals surface area contributed by atoms with Crippen LogP contribution in [0, 0.1) is 17.7 Å². The van der Waals surface area contributed by atoms with Crippen LogP contribution in [0.4, 0.5) is 14.0 Å². The van der Waals surface area contributed by atoms with Crippen molar-refractivity contribution in [2.24, 2.45) is 21.8 Å². The number of hydrogen-bond acceptors (Lipinski definition) is 12. The number of likely N-dealkylation sites (tertiary alicyclic amines) is 2. The number of benzene rings is 2. The largest absolute Gasteiger partial charge is 0.473 e. The lowest BCUT2D eigenvalue weighted by Gasteiger charge is -2.31. The molecule has 16 nitrogen and oxygen atoms in total. The van der Waals surface area contributed by atoms with Crippen LogP contribution < -0.4 is 20.1 Å². The van der Waals surface area contributed by atoms with E-state index in [-0.39, 0.29) is 89.7 Å². The second-order valence-corrected chi connectivity index (χ2v) is 19.2. The maximum absolute atomic E-state index is 16.9. The molecule has 4 amide bonds. The number of aliphatic imine (C=N–C) groups is 2. The van der Waals surface area contributed by atoms with E-state index in [1.165, 1.54) is 31.6 Å². The number of allylic oxidation sites excluding steroid dienone is 2. The monoisotopic (exact) mass is 1070 g/mol. The number of rotatable bonds is 12. The highest BCUT2D eigenvalue weighted by Crippen LogP contribution is 2.48. The lowest BCUT2D eigenvalue weighted by molar-refractivity contribution is -0.134. The Hall–Kier alpha value is -5.16. The summed E-state index contributed by atoms with van der Waals surface area (Å²) < 4.78 is 40.7. The molecule has 0 spiro atoms. The van der Waals surface area contributed by atoms with E-state index in [2.05, 4.69) is 21.7 Å². The molecule has 0 bridgehead atoms. The number of carbonyl (C=O) groups excluding carboxylic acids is 4. The summed E-state index contributed by atoms with van der Waals surface area (Å²) in [5, 5.41) is 6.76. The third-order valence-corrected chi connectivity index (χ3v) is 14.4. The molecule has 4 aromatic rings. The van der Waals surface area contributed by atoms with Crippen molar-refractivity contribution in [3.8, 4) is 22.2 Å². The highest BCUT2D eigenvalue weighted by molar-refractivity contribution is 7.59. The Morgan fingerprint density at radius 3 is 1.82 bits per heavy atom. The van der Waals surface area contributed by atoms with E-state index in [1.807, 2.05) is 67.6 Å². The van der Waals surface area contributed by atoms with Gasteiger partial charge in [0.2, 0.25) is 18.0 Å². The molecule has 0 aliphatic carbocycles. The van der Waals surface area contributed by atoms with Crippen molar-refractivity contribution in [1.29, 1.82) is 0 Å². The molecule has 9 rings (SSSR count). The topological polar surface area (TPSA) is 178 Å². The molecule has 1 unspecified atom stereocenters. The fourth-order valence-electron chi connectivity index (χ4n) is 9.99. The normalized spacial score (nSPS) is 19.5. The average Bonchev–Trinajstić information content (AvgIpc) is 4.18. The highest BCUT2D eigenvalue weighted by Gasteiger charge is 2.41. The van der Waals surface area contributed by atoms with Crippen LogP contribution in [0.3, 0.4) is 0 Å². The first-order chi connectivity index (χ1) is 32.3. The summed E-state index contributed by atoms with van der Waals surface area (Å²) in [5.41, 5.74) is 6.89. The van der Waals surface area contributed by atoms with E-state index in [9.17, 15) is 19.2 Å². The zero-order chi connectivity index (χ0) is 47.3. The molecule has 5 aliphatic rings. The van der Waals surface area contributed by atoms with Gasteiger partial charge in [-0.25, -0.2) is 19.0 Å². The first kappa shape index (κ1) is 56.8. The molecule has 0 saturated carbocycles. The molecule has 7 heterocycles. The summed E-state index contributed by atoms with van der Waals surface area (Å²) in [5.74, 6) is -0.713. The van der Waals surface area contributed by atoms with Gasteiger partial charge in [0.25, 0.3) is 5.19 Å². The lowest BCUT2D eigenvalue weighted by atomic mass is 9.95. The van der Waals surface area contributed by atoms with Crippen LogP contribution in [-0.4, -0.2) is 113 Å². The van der Waals surface area contributed by atoms with Gasteiger partial charge in [0, 0.05) is 55.1 Å². The molecule has 0 radical (unpaired) electrons. The minimum absolute atomic E-state index is 0. The summed E-state index contributed by atoms with van der Waals surface area (Å²) in [6, 6.07) is 9.60. The van der Waals surface area contributed by atoms with Crippen molar-refractivity contribution in [2.45, 2.75) is 96.6 Å². The van der Waals surface area contributed by atoms with Crippen molar-refractivity contribution in [3.05, 3.63) is 76.8 Å². The van der Waals surface area contributed by atoms with Gasteiger partial charge in [-0.15, -0.1) is 0 Å². The molecular weight excluding hydrogens is 1010 g/mol. The number of carbonyl (C=O) groups is 4. The predicted octanol–water partition coefficient (Wildman–Crippen LogP) is 8.42. The Bertz CT molecular complexity index is 2790. The van der Waals surface area contributed by atoms with Crippen LogP contribution in [0.1, 0.15) is 88.5 Å². The van der Waals surface area contributed by atoms with E-state index >= 15 is 4.39 Å². The molecule has 384 valence electrons. The lowest BCUT2D eigenvalue weighted by Crippen LogP contribution is -2.53. The minimum atomic E-state index is -0.751. The molecular formula is C49H63FN8O8S5. The van der Waals surface area contributed by atoms with Crippen molar-refractivity contribution in [1.82, 2.24) is 30.0 Å². The van der Waals surface area contributed by atoms with Gasteiger partial charge < -0.3 is 39.4 Å². The summed E-state index contributed by atoms with van der Waals surface area (Å²) >= 11 is 1.35. The van der Waals surface area contributed by atoms with Gasteiger partial charge in [-0.2, -0.15) is 54.0 Å². The molecule has 2 saturated heterocycles. The molecule has 22 heteroatoms. The van der Waals surface area contributed by atoms with Gasteiger partial charge in [-0.1, -0.05) is 45.1 Å². The Balaban J connectivity index is 0.00000234. The summed E-state index contributed by atoms with van der Waals surface area (Å²) in [7, 11) is 4.12. The number of nitrogens with zero attached hydrogens (tertiary/aromatic N) is 6. The van der Waals surface area contributed by atoms with Crippen molar-refractivity contribution in [2.75, 3.05) is 34.4 Å². The highest BCUT2D eigenvalue weighted by atomic mass is 32.1. The number of fused-ring (bicyclic) bond motifs is 5. The SMILES string of the molecule is COC(=O)N[C@H](C(=O)N1CCC[C@H]1C1=NC=C(c2cc(F)c3c(c2)OC(c2cnc(OC)s2)n2c-3cc3cc(C4=CN=C([C@@H]5CCCN5C(=O)[C@@H](NC(=O)OC)C(C)C)C4)ccc32)C1)C(C)C.S.S.S.S. The summed E-state index contributed by atoms with van der Waals surface area (Å²) in [6.07, 6.45) is 7.44. The smallest absolute Gasteiger partial charge is 0.407 e. The Morgan fingerprint density at radius 1 is 0.761 bits per heavy atom. The molecule has 2 fully saturated rings. The molecule has 2 aromatic carbocycles. The van der Waals surface area contributed by atoms with E-state index in [0.29, 0.717) is 53.7 Å². The molecule has 2 N–H and O–H groups in total. The Labute approximate surface area is 444 Å². The van der Waals surface area contributed by atoms with Gasteiger partial charge in [-0.05, 0) is 90.1 Å². The third kappa shape index (κ3) is 11.0. The number of methoxy groups -OCH3 is 3. The molecule has 5 aliphatic heterocycles. The van der Waals surface area contributed by atoms with E-state index in [1.54, 1.807) is 24.4 Å². The van der Waals surface area contributed by atoms with E-state index in [4.69, 9.17) is 28.9 Å². The van der Waals surface area contributed by atoms with Gasteiger partial charge in [-0.3, -0.25) is 24.1 Å². The number of alkyl carbamates (subject to hydrolysis) is 2. The van der Waals surface area contributed by atoms with Crippen LogP contribution in [0.15, 0.2) is 65.0 Å². The van der Waals surface area contributed by atoms with Crippen LogP contribution in [0.25, 0.3) is 33.3 Å². The number of halogens is 1. The Morgan fingerprint density at radius 2 is 1.31 bits per heavy atom. The standard InChI is InChI=1S/C49H55FN8O8S.4H2S/c1-25(2)42(54-47(61)63-5)44(59)56-14-8-10-36(56)33-18-30(22-51-33)27-12-13-35-29(16-27)20-38-41-32(50)17-28(21-39(41)66-46(58(35)38)40-24-53-49(65-7)67-40)31-19-34(52-23-31)37-11-9-15-57(37)45(60)43(26(3)4)55-48(62)64-6;;;;/h12-13,16-17,20-26,36-37,42-43,46H,8-11,14-15,18-19H2,1-7H3,(H,54,61)(H,55,62);4*1H2/t36-,37-,42-,43-,46?;;;;/m0..../s1. The predicted molar refractivity (Wildman–Crippen MR) is 294 cm³/mol. The summed E-state index contributed by atoms with van der Waals surface area (Å²) in [6.45, 7) is 8.66. The van der Waals surface area contributed by atoms with Crippen molar-refractivity contribution in [3.63, 3.8) is 0 Å². The van der Waals surface area contributed by atoms with Crippen LogP contribution >= 0.6 is 65.3 Å². The quantitative estimate of drug-likeness (QED) is 0.141. The van der Waals surface area contributed by atoms with E-state index in [0.717, 1.165) is 69.6 Å². The second-order valence-electron chi connectivity index (χ2n) is 18.2. The molecule has 71 heavy (non-hydrogen) atoms. The maximum Gasteiger partial charge on any atom is 0.407 e. The molecule has 5 atom stereocenters. The number of amides is 4. The fraction of sp³-hybridized carbons (Fsp3) is 0.449. The number of ether oxygens (including phenoxy) is 4. The number of aromatic nitrogens is 2. The maximum atomic E-state index is 16.9. The summed E-state index contributed by atoms with van der Waals surface area (Å²) in [4.78, 5) is 70.3. The van der Waals surface area contributed by atoms with Gasteiger partial charge in [0.15, 0.2) is 0 Å². The zero-order valence-corrected chi connectivity index (χ0v) is 45.4. The third-order valence-electron chi connectivity index (χ3n) is 13.4. The molecule has 2 aromatic heterocycles. The fourth-order valence-corrected chi connectivity index (χ4v) is 10.7. The van der Waals surface area contributed by atoms with Crippen LogP contribution in [0.5, 0.6) is 10.9 Å². The van der Waals surface area contributed by atoms with E-state index < -0.39 is 36.3 Å². The van der Waals surface area contributed by atoms with Crippen molar-refractivity contribution >= 4 is 123 Å². The first-order valence-corrected chi connectivity index (χ1v) is 23.6.